The summed E-state index contributed by atoms with van der Waals surface area (Å²) < 4.78 is 23.2. The Kier molecular flexibility index (Phi) is 5.00. The van der Waals surface area contributed by atoms with Crippen LogP contribution in [0.5, 0.6) is 0 Å². The number of anilines is 1. The smallest absolute Gasteiger partial charge is 0.272 e. The molecule has 22 heavy (non-hydrogen) atoms. The monoisotopic (exact) mass is 326 g/mol. The van der Waals surface area contributed by atoms with Gasteiger partial charge in [0.15, 0.2) is 9.84 Å². The fourth-order valence-corrected chi connectivity index (χ4v) is 4.37. The molecule has 1 amide bonds. The maximum absolute atomic E-state index is 12.3. The van der Waals surface area contributed by atoms with Crippen LogP contribution in [0, 0.1) is 0 Å². The predicted molar refractivity (Wildman–Crippen MR) is 84.7 cm³/mol. The third kappa shape index (κ3) is 3.55. The minimum atomic E-state index is -2.96. The summed E-state index contributed by atoms with van der Waals surface area (Å²) in [5.74, 6) is 0.777. The average Bonchev–Trinajstić information content (AvgIpc) is 2.88. The van der Waals surface area contributed by atoms with E-state index in [1.54, 1.807) is 18.0 Å². The zero-order valence-corrected chi connectivity index (χ0v) is 14.0. The third-order valence-corrected chi connectivity index (χ3v) is 5.79. The molecule has 0 N–H and O–H groups in total. The van der Waals surface area contributed by atoms with Crippen LogP contribution in [0.25, 0.3) is 0 Å². The zero-order valence-electron chi connectivity index (χ0n) is 13.2. The van der Waals surface area contributed by atoms with E-state index in [1.807, 2.05) is 18.7 Å². The van der Waals surface area contributed by atoms with Crippen LogP contribution in [0.15, 0.2) is 12.4 Å². The van der Waals surface area contributed by atoms with Gasteiger partial charge in [-0.25, -0.2) is 18.4 Å². The molecule has 1 aromatic rings. The summed E-state index contributed by atoms with van der Waals surface area (Å²) in [4.78, 5) is 24.1. The van der Waals surface area contributed by atoms with Gasteiger partial charge in [0.25, 0.3) is 5.91 Å². The highest BCUT2D eigenvalue weighted by atomic mass is 32.2. The molecule has 2 rings (SSSR count). The number of carbonyl (C=O) groups is 1. The third-order valence-electron chi connectivity index (χ3n) is 4.04. The van der Waals surface area contributed by atoms with Crippen LogP contribution >= 0.6 is 0 Å². The van der Waals surface area contributed by atoms with Gasteiger partial charge < -0.3 is 9.80 Å². The number of hydrogen-bond acceptors (Lipinski definition) is 6. The topological polar surface area (TPSA) is 83.5 Å². The van der Waals surface area contributed by atoms with Gasteiger partial charge in [0, 0.05) is 32.2 Å². The molecule has 1 aliphatic rings. The molecule has 1 saturated heterocycles. The highest BCUT2D eigenvalue weighted by Gasteiger charge is 2.31. The summed E-state index contributed by atoms with van der Waals surface area (Å²) in [6, 6.07) is 1.53. The van der Waals surface area contributed by atoms with E-state index in [2.05, 4.69) is 9.97 Å². The molecule has 1 aromatic heterocycles. The standard InChI is InChI=1S/C14H22N4O3S/c1-4-18(5-2)14(19)12-8-13(16-10-15-12)17(3)11-6-7-22(20,21)9-11/h8,10-11H,4-7,9H2,1-3H3. The minimum absolute atomic E-state index is 0.101. The highest BCUT2D eigenvalue weighted by Crippen LogP contribution is 2.21. The van der Waals surface area contributed by atoms with Gasteiger partial charge in [-0.1, -0.05) is 0 Å². The average molecular weight is 326 g/mol. The first-order chi connectivity index (χ1) is 10.4. The van der Waals surface area contributed by atoms with Crippen LogP contribution < -0.4 is 4.90 Å². The van der Waals surface area contributed by atoms with Crippen molar-refractivity contribution < 1.29 is 13.2 Å². The van der Waals surface area contributed by atoms with E-state index < -0.39 is 9.84 Å². The molecule has 0 radical (unpaired) electrons. The van der Waals surface area contributed by atoms with Crippen molar-refractivity contribution in [1.29, 1.82) is 0 Å². The highest BCUT2D eigenvalue weighted by molar-refractivity contribution is 7.91. The molecular weight excluding hydrogens is 304 g/mol. The number of sulfone groups is 1. The molecule has 1 fully saturated rings. The van der Waals surface area contributed by atoms with Crippen LogP contribution in [0.1, 0.15) is 30.8 Å². The summed E-state index contributed by atoms with van der Waals surface area (Å²) >= 11 is 0. The van der Waals surface area contributed by atoms with Crippen molar-refractivity contribution in [2.45, 2.75) is 26.3 Å². The fourth-order valence-electron chi connectivity index (χ4n) is 2.60. The van der Waals surface area contributed by atoms with Crippen molar-refractivity contribution in [2.24, 2.45) is 0 Å². The summed E-state index contributed by atoms with van der Waals surface area (Å²) in [5, 5.41) is 0. The van der Waals surface area contributed by atoms with Crippen molar-refractivity contribution in [2.75, 3.05) is 36.5 Å². The molecule has 0 spiro atoms. The molecule has 0 bridgehead atoms. The van der Waals surface area contributed by atoms with Crippen molar-refractivity contribution >= 4 is 21.6 Å². The molecule has 122 valence electrons. The number of carbonyl (C=O) groups excluding carboxylic acids is 1. The van der Waals surface area contributed by atoms with Gasteiger partial charge in [0.1, 0.15) is 17.8 Å². The molecule has 0 aliphatic carbocycles. The maximum atomic E-state index is 12.3. The van der Waals surface area contributed by atoms with E-state index in [0.29, 0.717) is 31.0 Å². The molecular formula is C14H22N4O3S. The molecule has 1 unspecified atom stereocenters. The molecule has 1 aliphatic heterocycles. The van der Waals surface area contributed by atoms with Crippen LogP contribution in [0.2, 0.25) is 0 Å². The van der Waals surface area contributed by atoms with Crippen molar-refractivity contribution in [3.8, 4) is 0 Å². The van der Waals surface area contributed by atoms with Gasteiger partial charge in [-0.05, 0) is 20.3 Å². The molecule has 0 saturated carbocycles. The van der Waals surface area contributed by atoms with E-state index in [-0.39, 0.29) is 23.5 Å². The van der Waals surface area contributed by atoms with E-state index in [9.17, 15) is 13.2 Å². The summed E-state index contributed by atoms with van der Waals surface area (Å²) in [6.07, 6.45) is 1.94. The van der Waals surface area contributed by atoms with Crippen molar-refractivity contribution in [3.63, 3.8) is 0 Å². The molecule has 8 heteroatoms. The van der Waals surface area contributed by atoms with E-state index in [1.165, 1.54) is 6.33 Å². The molecule has 2 heterocycles. The van der Waals surface area contributed by atoms with Gasteiger partial charge >= 0.3 is 0 Å². The number of nitrogens with zero attached hydrogens (tertiary/aromatic N) is 4. The largest absolute Gasteiger partial charge is 0.356 e. The summed E-state index contributed by atoms with van der Waals surface area (Å²) in [5.41, 5.74) is 0.335. The first kappa shape index (κ1) is 16.7. The quantitative estimate of drug-likeness (QED) is 0.787. The fraction of sp³-hybridized carbons (Fsp3) is 0.643. The van der Waals surface area contributed by atoms with Gasteiger partial charge in [-0.2, -0.15) is 0 Å². The lowest BCUT2D eigenvalue weighted by Crippen LogP contribution is -2.34. The summed E-state index contributed by atoms with van der Waals surface area (Å²) in [7, 11) is -1.15. The molecule has 1 atom stereocenters. The lowest BCUT2D eigenvalue weighted by molar-refractivity contribution is 0.0767. The van der Waals surface area contributed by atoms with E-state index in [0.717, 1.165) is 0 Å². The van der Waals surface area contributed by atoms with Gasteiger partial charge in [0.05, 0.1) is 11.5 Å². The Bertz CT molecular complexity index is 643. The van der Waals surface area contributed by atoms with Crippen molar-refractivity contribution in [1.82, 2.24) is 14.9 Å². The van der Waals surface area contributed by atoms with Gasteiger partial charge in [-0.3, -0.25) is 4.79 Å². The summed E-state index contributed by atoms with van der Waals surface area (Å²) in [6.45, 7) is 5.06. The Morgan fingerprint density at radius 1 is 1.32 bits per heavy atom. The van der Waals surface area contributed by atoms with Gasteiger partial charge in [-0.15, -0.1) is 0 Å². The van der Waals surface area contributed by atoms with Crippen LogP contribution in [0.3, 0.4) is 0 Å². The van der Waals surface area contributed by atoms with Crippen LogP contribution in [-0.4, -0.2) is 66.9 Å². The van der Waals surface area contributed by atoms with Crippen molar-refractivity contribution in [3.05, 3.63) is 18.1 Å². The molecule has 0 aromatic carbocycles. The first-order valence-corrected chi connectivity index (χ1v) is 9.24. The Hall–Kier alpha value is -1.70. The second-order valence-corrected chi connectivity index (χ2v) is 7.64. The Morgan fingerprint density at radius 2 is 2.00 bits per heavy atom. The minimum Gasteiger partial charge on any atom is -0.356 e. The molecule has 7 nitrogen and oxygen atoms in total. The van der Waals surface area contributed by atoms with Crippen LogP contribution in [0.4, 0.5) is 5.82 Å². The SMILES string of the molecule is CCN(CC)C(=O)c1cc(N(C)C2CCS(=O)(=O)C2)ncn1. The second kappa shape index (κ2) is 6.60. The number of aromatic nitrogens is 2. The normalized spacial score (nSPS) is 19.9. The van der Waals surface area contributed by atoms with Gasteiger partial charge in [0.2, 0.25) is 0 Å². The maximum Gasteiger partial charge on any atom is 0.272 e. The Labute approximate surface area is 131 Å². The Balaban J connectivity index is 2.19. The number of rotatable bonds is 5. The lowest BCUT2D eigenvalue weighted by atomic mass is 10.2. The Morgan fingerprint density at radius 3 is 2.55 bits per heavy atom. The first-order valence-electron chi connectivity index (χ1n) is 7.42. The van der Waals surface area contributed by atoms with Crippen LogP contribution in [-0.2, 0) is 9.84 Å². The van der Waals surface area contributed by atoms with E-state index in [4.69, 9.17) is 0 Å². The number of hydrogen-bond donors (Lipinski definition) is 0. The zero-order chi connectivity index (χ0) is 16.3. The predicted octanol–water partition coefficient (Wildman–Crippen LogP) is 0.582. The number of amides is 1. The lowest BCUT2D eigenvalue weighted by Gasteiger charge is -2.25. The van der Waals surface area contributed by atoms with E-state index >= 15 is 0 Å². The second-order valence-electron chi connectivity index (χ2n) is 5.41.